The topological polar surface area (TPSA) is 80.9 Å². The molecule has 2 heterocycles. The van der Waals surface area contributed by atoms with Gasteiger partial charge in [-0.05, 0) is 6.07 Å². The van der Waals surface area contributed by atoms with Crippen molar-refractivity contribution in [3.05, 3.63) is 35.6 Å². The number of carbonyl (C=O) groups is 1. The molecule has 0 spiro atoms. The van der Waals surface area contributed by atoms with E-state index in [0.717, 1.165) is 0 Å². The van der Waals surface area contributed by atoms with Crippen LogP contribution < -0.4 is 11.1 Å². The molecule has 1 amide bonds. The summed E-state index contributed by atoms with van der Waals surface area (Å²) in [7, 11) is 0. The molecular formula is C9H8N4OS. The molecule has 3 N–H and O–H groups in total. The van der Waals surface area contributed by atoms with Crippen LogP contribution in [0.25, 0.3) is 0 Å². The van der Waals surface area contributed by atoms with Crippen molar-refractivity contribution in [3.63, 3.8) is 0 Å². The third kappa shape index (κ3) is 2.29. The van der Waals surface area contributed by atoms with E-state index in [1.54, 1.807) is 17.6 Å². The number of rotatable bonds is 2. The maximum absolute atomic E-state index is 11.6. The number of hydrogen-bond donors (Lipinski definition) is 2. The van der Waals surface area contributed by atoms with E-state index in [1.165, 1.54) is 23.7 Å². The summed E-state index contributed by atoms with van der Waals surface area (Å²) < 4.78 is 0. The largest absolute Gasteiger partial charge is 0.397 e. The van der Waals surface area contributed by atoms with Crippen molar-refractivity contribution in [1.82, 2.24) is 9.97 Å². The average Bonchev–Trinajstić information content (AvgIpc) is 2.70. The lowest BCUT2D eigenvalue weighted by molar-refractivity contribution is 0.102. The van der Waals surface area contributed by atoms with Crippen molar-refractivity contribution in [1.29, 1.82) is 0 Å². The lowest BCUT2D eigenvalue weighted by Gasteiger charge is -2.01. The molecule has 5 nitrogen and oxygen atoms in total. The second-order valence-corrected chi connectivity index (χ2v) is 3.69. The summed E-state index contributed by atoms with van der Waals surface area (Å²) in [5, 5.41) is 4.98. The number of hydrogen-bond acceptors (Lipinski definition) is 5. The van der Waals surface area contributed by atoms with Gasteiger partial charge in [0.05, 0.1) is 11.3 Å². The zero-order valence-corrected chi connectivity index (χ0v) is 8.49. The van der Waals surface area contributed by atoms with Gasteiger partial charge >= 0.3 is 0 Å². The summed E-state index contributed by atoms with van der Waals surface area (Å²) in [6.45, 7) is 0. The van der Waals surface area contributed by atoms with Gasteiger partial charge in [-0.2, -0.15) is 0 Å². The first-order valence-electron chi connectivity index (χ1n) is 4.17. The molecule has 0 bridgehead atoms. The van der Waals surface area contributed by atoms with E-state index in [-0.39, 0.29) is 5.91 Å². The third-order valence-corrected chi connectivity index (χ3v) is 2.36. The zero-order chi connectivity index (χ0) is 10.7. The van der Waals surface area contributed by atoms with Crippen molar-refractivity contribution in [2.45, 2.75) is 0 Å². The fourth-order valence-electron chi connectivity index (χ4n) is 1.04. The Labute approximate surface area is 90.0 Å². The van der Waals surface area contributed by atoms with Gasteiger partial charge in [-0.3, -0.25) is 15.1 Å². The Morgan fingerprint density at radius 2 is 2.33 bits per heavy atom. The van der Waals surface area contributed by atoms with Crippen LogP contribution in [0.5, 0.6) is 0 Å². The van der Waals surface area contributed by atoms with Gasteiger partial charge in [0.15, 0.2) is 5.13 Å². The molecule has 2 aromatic rings. The minimum Gasteiger partial charge on any atom is -0.397 e. The predicted molar refractivity (Wildman–Crippen MR) is 58.7 cm³/mol. The van der Waals surface area contributed by atoms with E-state index in [0.29, 0.717) is 16.4 Å². The maximum atomic E-state index is 11.6. The fraction of sp³-hybridized carbons (Fsp3) is 0. The summed E-state index contributed by atoms with van der Waals surface area (Å²) in [5.74, 6) is -0.259. The number of anilines is 2. The van der Waals surface area contributed by atoms with Crippen molar-refractivity contribution in [3.8, 4) is 0 Å². The Morgan fingerprint density at radius 1 is 1.47 bits per heavy atom. The number of amides is 1. The molecule has 0 aliphatic carbocycles. The first-order valence-corrected chi connectivity index (χ1v) is 5.05. The van der Waals surface area contributed by atoms with Gasteiger partial charge in [0.1, 0.15) is 0 Å². The van der Waals surface area contributed by atoms with Gasteiger partial charge in [-0.25, -0.2) is 4.98 Å². The number of thiazole rings is 1. The molecule has 0 aliphatic rings. The van der Waals surface area contributed by atoms with Crippen molar-refractivity contribution < 1.29 is 4.79 Å². The zero-order valence-electron chi connectivity index (χ0n) is 7.68. The lowest BCUT2D eigenvalue weighted by atomic mass is 10.2. The van der Waals surface area contributed by atoms with Crippen LogP contribution in [0.15, 0.2) is 30.0 Å². The van der Waals surface area contributed by atoms with Crippen LogP contribution in [-0.2, 0) is 0 Å². The van der Waals surface area contributed by atoms with Crippen LogP contribution in [0, 0.1) is 0 Å². The minimum atomic E-state index is -0.259. The highest BCUT2D eigenvalue weighted by Crippen LogP contribution is 2.12. The number of aromatic nitrogens is 2. The number of pyridine rings is 1. The van der Waals surface area contributed by atoms with Gasteiger partial charge in [0.25, 0.3) is 5.91 Å². The molecule has 0 saturated heterocycles. The Balaban J connectivity index is 2.15. The molecule has 76 valence electrons. The molecule has 0 radical (unpaired) electrons. The third-order valence-electron chi connectivity index (χ3n) is 1.67. The van der Waals surface area contributed by atoms with Crippen LogP contribution in [0.3, 0.4) is 0 Å². The number of nitrogens with two attached hydrogens (primary N) is 1. The summed E-state index contributed by atoms with van der Waals surface area (Å²) >= 11 is 1.36. The smallest absolute Gasteiger partial charge is 0.259 e. The molecule has 2 rings (SSSR count). The van der Waals surface area contributed by atoms with Gasteiger partial charge in [-0.1, -0.05) is 0 Å². The summed E-state index contributed by atoms with van der Waals surface area (Å²) in [6.07, 6.45) is 4.57. The molecule has 0 saturated carbocycles. The molecule has 0 aromatic carbocycles. The molecule has 2 aromatic heterocycles. The molecule has 0 unspecified atom stereocenters. The minimum absolute atomic E-state index is 0.259. The Hall–Kier alpha value is -1.95. The molecule has 0 fully saturated rings. The predicted octanol–water partition coefficient (Wildman–Crippen LogP) is 1.37. The normalized spacial score (nSPS) is 9.87. The SMILES string of the molecule is Nc1cncc(C(=O)Nc2nccs2)c1. The Bertz CT molecular complexity index is 469. The Kier molecular flexibility index (Phi) is 2.59. The van der Waals surface area contributed by atoms with Crippen molar-refractivity contribution >= 4 is 28.1 Å². The molecular weight excluding hydrogens is 212 g/mol. The first-order chi connectivity index (χ1) is 7.25. The van der Waals surface area contributed by atoms with Crippen LogP contribution in [0.2, 0.25) is 0 Å². The highest BCUT2D eigenvalue weighted by Gasteiger charge is 2.07. The Morgan fingerprint density at radius 3 is 3.00 bits per heavy atom. The van der Waals surface area contributed by atoms with Crippen molar-refractivity contribution in [2.24, 2.45) is 0 Å². The van der Waals surface area contributed by atoms with Gasteiger partial charge in [-0.15, -0.1) is 11.3 Å². The highest BCUT2D eigenvalue weighted by atomic mass is 32.1. The summed E-state index contributed by atoms with van der Waals surface area (Å²) in [6, 6.07) is 1.57. The lowest BCUT2D eigenvalue weighted by Crippen LogP contribution is -2.12. The maximum Gasteiger partial charge on any atom is 0.259 e. The van der Waals surface area contributed by atoms with E-state index in [4.69, 9.17) is 5.73 Å². The molecule has 15 heavy (non-hydrogen) atoms. The number of carbonyl (C=O) groups excluding carboxylic acids is 1. The number of nitrogens with zero attached hydrogens (tertiary/aromatic N) is 2. The number of nitrogen functional groups attached to an aromatic ring is 1. The fourth-order valence-corrected chi connectivity index (χ4v) is 1.56. The van der Waals surface area contributed by atoms with Crippen LogP contribution in [0.1, 0.15) is 10.4 Å². The summed E-state index contributed by atoms with van der Waals surface area (Å²) in [5.41, 5.74) is 6.40. The molecule has 0 atom stereocenters. The van der Waals surface area contributed by atoms with E-state index >= 15 is 0 Å². The second-order valence-electron chi connectivity index (χ2n) is 2.80. The second kappa shape index (κ2) is 4.05. The van der Waals surface area contributed by atoms with E-state index < -0.39 is 0 Å². The van der Waals surface area contributed by atoms with Gasteiger partial charge in [0.2, 0.25) is 0 Å². The van der Waals surface area contributed by atoms with Crippen molar-refractivity contribution in [2.75, 3.05) is 11.1 Å². The van der Waals surface area contributed by atoms with Gasteiger partial charge in [0, 0.05) is 24.0 Å². The number of nitrogens with one attached hydrogen (secondary N) is 1. The van der Waals surface area contributed by atoms with Crippen LogP contribution in [0.4, 0.5) is 10.8 Å². The standard InChI is InChI=1S/C9H8N4OS/c10-7-3-6(4-11-5-7)8(14)13-9-12-1-2-15-9/h1-5H,10H2,(H,12,13,14). The monoisotopic (exact) mass is 220 g/mol. The first kappa shape index (κ1) is 9.60. The van der Waals surface area contributed by atoms with E-state index in [2.05, 4.69) is 15.3 Å². The molecule has 6 heteroatoms. The van der Waals surface area contributed by atoms with E-state index in [1.807, 2.05) is 0 Å². The summed E-state index contributed by atoms with van der Waals surface area (Å²) in [4.78, 5) is 19.4. The van der Waals surface area contributed by atoms with Crippen LogP contribution in [-0.4, -0.2) is 15.9 Å². The van der Waals surface area contributed by atoms with Gasteiger partial charge < -0.3 is 5.73 Å². The average molecular weight is 220 g/mol. The van der Waals surface area contributed by atoms with Crippen LogP contribution >= 0.6 is 11.3 Å². The molecule has 0 aliphatic heterocycles. The quantitative estimate of drug-likeness (QED) is 0.801. The highest BCUT2D eigenvalue weighted by molar-refractivity contribution is 7.13. The van der Waals surface area contributed by atoms with E-state index in [9.17, 15) is 4.79 Å².